The molecule has 0 aromatic heterocycles. The molecule has 0 aromatic rings. The van der Waals surface area contributed by atoms with Crippen LogP contribution in [0.2, 0.25) is 0 Å². The summed E-state index contributed by atoms with van der Waals surface area (Å²) >= 11 is 0. The van der Waals surface area contributed by atoms with Crippen molar-refractivity contribution in [2.45, 2.75) is 83.1 Å². The van der Waals surface area contributed by atoms with E-state index in [0.717, 1.165) is 13.2 Å². The van der Waals surface area contributed by atoms with Crippen molar-refractivity contribution < 1.29 is 14.2 Å². The van der Waals surface area contributed by atoms with Crippen LogP contribution in [0.25, 0.3) is 0 Å². The zero-order chi connectivity index (χ0) is 21.5. The molecule has 0 spiro atoms. The van der Waals surface area contributed by atoms with Gasteiger partial charge in [-0.1, -0.05) is 83.1 Å². The molecule has 164 valence electrons. The highest BCUT2D eigenvalue weighted by Crippen LogP contribution is 2.45. The lowest BCUT2D eigenvalue weighted by molar-refractivity contribution is -0.0540. The monoisotopic (exact) mass is 386 g/mol. The minimum absolute atomic E-state index is 0.139. The molecule has 27 heavy (non-hydrogen) atoms. The highest BCUT2D eigenvalue weighted by Gasteiger charge is 2.39. The molecule has 0 saturated carbocycles. The SMILES string of the molecule is CC(COCCOCCOCC(C)(C)C(C)(C)C(C)C)C(C)(C)C(C)(C)C. The van der Waals surface area contributed by atoms with Crippen LogP contribution in [-0.4, -0.2) is 39.6 Å². The third kappa shape index (κ3) is 8.03. The fraction of sp³-hybridized carbons (Fsp3) is 1.00. The minimum Gasteiger partial charge on any atom is -0.379 e. The van der Waals surface area contributed by atoms with Gasteiger partial charge in [0.1, 0.15) is 0 Å². The van der Waals surface area contributed by atoms with Crippen LogP contribution in [0.4, 0.5) is 0 Å². The average Bonchev–Trinajstić information content (AvgIpc) is 2.51. The molecule has 0 aliphatic rings. The Balaban J connectivity index is 3.89. The summed E-state index contributed by atoms with van der Waals surface area (Å²) in [7, 11) is 0. The van der Waals surface area contributed by atoms with E-state index in [9.17, 15) is 0 Å². The van der Waals surface area contributed by atoms with E-state index in [0.29, 0.717) is 38.3 Å². The largest absolute Gasteiger partial charge is 0.379 e. The summed E-state index contributed by atoms with van der Waals surface area (Å²) in [5.74, 6) is 1.13. The smallest absolute Gasteiger partial charge is 0.0701 e. The van der Waals surface area contributed by atoms with Crippen LogP contribution in [0.1, 0.15) is 83.1 Å². The lowest BCUT2D eigenvalue weighted by atomic mass is 9.62. The first-order chi connectivity index (χ1) is 12.1. The van der Waals surface area contributed by atoms with Gasteiger partial charge in [-0.05, 0) is 33.5 Å². The molecule has 0 aromatic carbocycles. The van der Waals surface area contributed by atoms with E-state index in [-0.39, 0.29) is 21.7 Å². The maximum absolute atomic E-state index is 5.90. The Labute approximate surface area is 170 Å². The van der Waals surface area contributed by atoms with Gasteiger partial charge in [-0.2, -0.15) is 0 Å². The normalized spacial score (nSPS) is 15.4. The molecule has 0 fully saturated rings. The van der Waals surface area contributed by atoms with Crippen molar-refractivity contribution in [3.05, 3.63) is 0 Å². The van der Waals surface area contributed by atoms with Crippen LogP contribution in [-0.2, 0) is 14.2 Å². The molecule has 0 amide bonds. The van der Waals surface area contributed by atoms with E-state index < -0.39 is 0 Å². The fourth-order valence-corrected chi connectivity index (χ4v) is 2.84. The molecule has 0 heterocycles. The highest BCUT2D eigenvalue weighted by atomic mass is 16.5. The van der Waals surface area contributed by atoms with Gasteiger partial charge in [0, 0.05) is 6.61 Å². The third-order valence-corrected chi connectivity index (χ3v) is 7.93. The van der Waals surface area contributed by atoms with E-state index in [1.54, 1.807) is 0 Å². The van der Waals surface area contributed by atoms with Crippen LogP contribution >= 0.6 is 0 Å². The topological polar surface area (TPSA) is 27.7 Å². The fourth-order valence-electron chi connectivity index (χ4n) is 2.84. The van der Waals surface area contributed by atoms with Gasteiger partial charge in [-0.15, -0.1) is 0 Å². The number of rotatable bonds is 13. The van der Waals surface area contributed by atoms with Crippen LogP contribution in [0.3, 0.4) is 0 Å². The van der Waals surface area contributed by atoms with Crippen molar-refractivity contribution in [2.75, 3.05) is 39.6 Å². The number of hydrogen-bond acceptors (Lipinski definition) is 3. The first-order valence-corrected chi connectivity index (χ1v) is 10.8. The molecular weight excluding hydrogens is 336 g/mol. The van der Waals surface area contributed by atoms with Gasteiger partial charge in [0.15, 0.2) is 0 Å². The molecule has 0 saturated heterocycles. The van der Waals surface area contributed by atoms with Crippen LogP contribution in [0.15, 0.2) is 0 Å². The molecule has 0 N–H and O–H groups in total. The predicted molar refractivity (Wildman–Crippen MR) is 117 cm³/mol. The van der Waals surface area contributed by atoms with Crippen LogP contribution in [0.5, 0.6) is 0 Å². The summed E-state index contributed by atoms with van der Waals surface area (Å²) in [5.41, 5.74) is 0.874. The maximum atomic E-state index is 5.90. The molecule has 0 aliphatic carbocycles. The summed E-state index contributed by atoms with van der Waals surface area (Å²) in [6.45, 7) is 31.8. The molecule has 0 rings (SSSR count). The van der Waals surface area contributed by atoms with Gasteiger partial charge in [0.2, 0.25) is 0 Å². The summed E-state index contributed by atoms with van der Waals surface area (Å²) in [6, 6.07) is 0. The van der Waals surface area contributed by atoms with E-state index in [4.69, 9.17) is 14.2 Å². The molecule has 0 radical (unpaired) electrons. The maximum Gasteiger partial charge on any atom is 0.0701 e. The summed E-state index contributed by atoms with van der Waals surface area (Å²) in [4.78, 5) is 0. The average molecular weight is 387 g/mol. The Morgan fingerprint density at radius 1 is 0.593 bits per heavy atom. The Kier molecular flexibility index (Phi) is 10.6. The second-order valence-corrected chi connectivity index (χ2v) is 11.4. The number of hydrogen-bond donors (Lipinski definition) is 0. The van der Waals surface area contributed by atoms with Gasteiger partial charge >= 0.3 is 0 Å². The zero-order valence-corrected chi connectivity index (χ0v) is 20.6. The molecule has 0 aliphatic heterocycles. The van der Waals surface area contributed by atoms with Gasteiger partial charge in [-0.3, -0.25) is 0 Å². The molecular formula is C24H50O3. The van der Waals surface area contributed by atoms with Crippen molar-refractivity contribution in [2.24, 2.45) is 33.5 Å². The highest BCUT2D eigenvalue weighted by molar-refractivity contribution is 4.88. The molecule has 3 nitrogen and oxygen atoms in total. The Morgan fingerprint density at radius 2 is 1.04 bits per heavy atom. The number of ether oxygens (including phenoxy) is 3. The van der Waals surface area contributed by atoms with E-state index in [2.05, 4.69) is 83.1 Å². The Morgan fingerprint density at radius 3 is 1.48 bits per heavy atom. The second-order valence-electron chi connectivity index (χ2n) is 11.4. The molecule has 3 heteroatoms. The molecule has 0 bridgehead atoms. The molecule has 1 unspecified atom stereocenters. The second kappa shape index (κ2) is 10.6. The van der Waals surface area contributed by atoms with Crippen molar-refractivity contribution in [1.82, 2.24) is 0 Å². The first-order valence-electron chi connectivity index (χ1n) is 10.8. The lowest BCUT2D eigenvalue weighted by Crippen LogP contribution is -2.40. The standard InChI is InChI=1S/C24H50O3/c1-19(2)23(9,10)22(7,8)18-27-16-14-25-13-15-26-17-20(3)24(11,12)21(4,5)6/h19-20H,13-18H2,1-12H3. The third-order valence-electron chi connectivity index (χ3n) is 7.93. The van der Waals surface area contributed by atoms with Gasteiger partial charge in [0.05, 0.1) is 33.0 Å². The Bertz CT molecular complexity index is 402. The summed E-state index contributed by atoms with van der Waals surface area (Å²) < 4.78 is 17.4. The minimum atomic E-state index is 0.139. The van der Waals surface area contributed by atoms with Crippen molar-refractivity contribution in [1.29, 1.82) is 0 Å². The lowest BCUT2D eigenvalue weighted by Gasteiger charge is -2.44. The van der Waals surface area contributed by atoms with Crippen LogP contribution in [0, 0.1) is 33.5 Å². The van der Waals surface area contributed by atoms with E-state index in [1.165, 1.54) is 0 Å². The van der Waals surface area contributed by atoms with E-state index >= 15 is 0 Å². The summed E-state index contributed by atoms with van der Waals surface area (Å²) in [5, 5.41) is 0. The van der Waals surface area contributed by atoms with Crippen LogP contribution < -0.4 is 0 Å². The van der Waals surface area contributed by atoms with Crippen molar-refractivity contribution in [3.63, 3.8) is 0 Å². The van der Waals surface area contributed by atoms with Gasteiger partial charge in [-0.25, -0.2) is 0 Å². The first kappa shape index (κ1) is 26.9. The van der Waals surface area contributed by atoms with Crippen molar-refractivity contribution >= 4 is 0 Å². The van der Waals surface area contributed by atoms with E-state index in [1.807, 2.05) is 0 Å². The quantitative estimate of drug-likeness (QED) is 0.340. The van der Waals surface area contributed by atoms with Gasteiger partial charge < -0.3 is 14.2 Å². The zero-order valence-electron chi connectivity index (χ0n) is 20.6. The predicted octanol–water partition coefficient (Wildman–Crippen LogP) is 6.45. The van der Waals surface area contributed by atoms with Crippen molar-refractivity contribution in [3.8, 4) is 0 Å². The molecule has 1 atom stereocenters. The summed E-state index contributed by atoms with van der Waals surface area (Å²) in [6.07, 6.45) is 0. The Hall–Kier alpha value is -0.120. The van der Waals surface area contributed by atoms with Gasteiger partial charge in [0.25, 0.3) is 0 Å².